The summed E-state index contributed by atoms with van der Waals surface area (Å²) < 4.78 is 0. The first-order valence-corrected chi connectivity index (χ1v) is 9.47. The van der Waals surface area contributed by atoms with Gasteiger partial charge in [-0.3, -0.25) is 9.59 Å². The fourth-order valence-electron chi connectivity index (χ4n) is 6.68. The van der Waals surface area contributed by atoms with Crippen molar-refractivity contribution in [3.05, 3.63) is 0 Å². The molecule has 1 heterocycles. The van der Waals surface area contributed by atoms with Crippen LogP contribution in [-0.4, -0.2) is 34.2 Å². The van der Waals surface area contributed by atoms with Gasteiger partial charge in [0.05, 0.1) is 6.10 Å². The smallest absolute Gasteiger partial charge is 0.225 e. The number of amides is 1. The van der Waals surface area contributed by atoms with Crippen LogP contribution in [0.25, 0.3) is 0 Å². The summed E-state index contributed by atoms with van der Waals surface area (Å²) in [4.78, 5) is 25.2. The second-order valence-electron chi connectivity index (χ2n) is 9.15. The van der Waals surface area contributed by atoms with Gasteiger partial charge in [0.2, 0.25) is 5.91 Å². The first kappa shape index (κ1) is 16.5. The lowest BCUT2D eigenvalue weighted by Crippen LogP contribution is -2.53. The SMILES string of the molecule is C[C@]12CC[C@H](O)C[C@@H]1C(=O)N[C@@H](O)C1[C@@H]2CC[C@]2(C)C(=O)CC[C@@H]12. The Morgan fingerprint density at radius 3 is 2.54 bits per heavy atom. The van der Waals surface area contributed by atoms with Gasteiger partial charge in [0.25, 0.3) is 0 Å². The average molecular weight is 335 g/mol. The zero-order valence-corrected chi connectivity index (χ0v) is 14.6. The van der Waals surface area contributed by atoms with Crippen LogP contribution in [0.5, 0.6) is 0 Å². The maximum atomic E-state index is 12.7. The number of aliphatic hydroxyl groups excluding tert-OH is 2. The van der Waals surface area contributed by atoms with E-state index in [-0.39, 0.29) is 40.4 Å². The van der Waals surface area contributed by atoms with Crippen LogP contribution in [-0.2, 0) is 9.59 Å². The third kappa shape index (κ3) is 2.07. The monoisotopic (exact) mass is 335 g/mol. The van der Waals surface area contributed by atoms with E-state index in [4.69, 9.17) is 0 Å². The maximum Gasteiger partial charge on any atom is 0.225 e. The number of carbonyl (C=O) groups excluding carboxylic acids is 2. The molecule has 5 nitrogen and oxygen atoms in total. The molecule has 5 heteroatoms. The van der Waals surface area contributed by atoms with Gasteiger partial charge in [0.15, 0.2) is 0 Å². The molecule has 3 N–H and O–H groups in total. The minimum atomic E-state index is -0.877. The standard InChI is InChI=1S/C19H29NO4/c1-18-7-5-10(21)9-13(18)16(23)20-17(24)15-11-3-4-14(22)19(11,2)8-6-12(15)18/h10-13,15,17,21,24H,3-9H2,1-2H3,(H,20,23)/t10-,11-,12-,13+,15?,17-,18+,19-/m0/s1. The van der Waals surface area contributed by atoms with Crippen LogP contribution in [0.15, 0.2) is 0 Å². The Labute approximate surface area is 143 Å². The minimum Gasteiger partial charge on any atom is -0.393 e. The Hall–Kier alpha value is -0.940. The molecule has 0 bridgehead atoms. The number of hydrogen-bond acceptors (Lipinski definition) is 4. The lowest BCUT2D eigenvalue weighted by molar-refractivity contribution is -0.141. The molecule has 0 aromatic heterocycles. The van der Waals surface area contributed by atoms with E-state index in [0.29, 0.717) is 18.6 Å². The molecule has 4 fully saturated rings. The van der Waals surface area contributed by atoms with Crippen molar-refractivity contribution in [1.29, 1.82) is 0 Å². The van der Waals surface area contributed by atoms with E-state index in [1.807, 2.05) is 0 Å². The molecule has 3 saturated carbocycles. The van der Waals surface area contributed by atoms with E-state index in [2.05, 4.69) is 19.2 Å². The zero-order valence-electron chi connectivity index (χ0n) is 14.6. The summed E-state index contributed by atoms with van der Waals surface area (Å²) in [6.07, 6.45) is 3.90. The topological polar surface area (TPSA) is 86.6 Å². The molecule has 24 heavy (non-hydrogen) atoms. The molecular formula is C19H29NO4. The zero-order chi connectivity index (χ0) is 17.3. The first-order valence-electron chi connectivity index (χ1n) is 9.47. The fourth-order valence-corrected chi connectivity index (χ4v) is 6.68. The lowest BCUT2D eigenvalue weighted by atomic mass is 9.50. The minimum absolute atomic E-state index is 0.0515. The van der Waals surface area contributed by atoms with Crippen molar-refractivity contribution in [3.63, 3.8) is 0 Å². The Morgan fingerprint density at radius 2 is 1.79 bits per heavy atom. The van der Waals surface area contributed by atoms with Crippen molar-refractivity contribution in [2.75, 3.05) is 0 Å². The normalized spacial score (nSPS) is 54.3. The predicted octanol–water partition coefficient (Wildman–Crippen LogP) is 1.61. The fraction of sp³-hybridized carbons (Fsp3) is 0.895. The van der Waals surface area contributed by atoms with Crippen molar-refractivity contribution in [2.45, 2.75) is 71.1 Å². The molecular weight excluding hydrogens is 306 g/mol. The first-order chi connectivity index (χ1) is 11.3. The molecule has 8 atom stereocenters. The number of carbonyl (C=O) groups is 2. The van der Waals surface area contributed by atoms with Gasteiger partial charge in [-0.05, 0) is 55.8 Å². The van der Waals surface area contributed by atoms with Gasteiger partial charge in [-0.2, -0.15) is 0 Å². The quantitative estimate of drug-likeness (QED) is 0.628. The summed E-state index contributed by atoms with van der Waals surface area (Å²) in [5, 5.41) is 23.7. The molecule has 0 radical (unpaired) electrons. The highest BCUT2D eigenvalue weighted by Gasteiger charge is 2.62. The molecule has 1 aliphatic heterocycles. The summed E-state index contributed by atoms with van der Waals surface area (Å²) >= 11 is 0. The van der Waals surface area contributed by atoms with Gasteiger partial charge in [-0.1, -0.05) is 13.8 Å². The van der Waals surface area contributed by atoms with Crippen LogP contribution < -0.4 is 5.32 Å². The molecule has 1 unspecified atom stereocenters. The van der Waals surface area contributed by atoms with Gasteiger partial charge < -0.3 is 15.5 Å². The molecule has 1 amide bonds. The Balaban J connectivity index is 1.76. The Morgan fingerprint density at radius 1 is 1.04 bits per heavy atom. The van der Waals surface area contributed by atoms with Crippen molar-refractivity contribution in [1.82, 2.24) is 5.32 Å². The summed E-state index contributed by atoms with van der Waals surface area (Å²) in [6, 6.07) is 0. The Kier molecular flexibility index (Phi) is 3.63. The largest absolute Gasteiger partial charge is 0.393 e. The number of hydrogen-bond donors (Lipinski definition) is 3. The summed E-state index contributed by atoms with van der Waals surface area (Å²) in [6.45, 7) is 4.24. The summed E-state index contributed by atoms with van der Waals surface area (Å²) in [7, 11) is 0. The van der Waals surface area contributed by atoms with Crippen LogP contribution in [0.2, 0.25) is 0 Å². The predicted molar refractivity (Wildman–Crippen MR) is 87.7 cm³/mol. The van der Waals surface area contributed by atoms with Gasteiger partial charge in [-0.25, -0.2) is 0 Å². The number of aliphatic hydroxyl groups is 2. The van der Waals surface area contributed by atoms with Gasteiger partial charge >= 0.3 is 0 Å². The number of Topliss-reactive ketones (excluding diaryl/α,β-unsaturated/α-hetero) is 1. The van der Waals surface area contributed by atoms with E-state index in [0.717, 1.165) is 32.1 Å². The van der Waals surface area contributed by atoms with Gasteiger partial charge in [0.1, 0.15) is 12.0 Å². The molecule has 1 saturated heterocycles. The Bertz CT molecular complexity index is 578. The van der Waals surface area contributed by atoms with E-state index >= 15 is 0 Å². The highest BCUT2D eigenvalue weighted by molar-refractivity contribution is 5.87. The van der Waals surface area contributed by atoms with Crippen molar-refractivity contribution in [3.8, 4) is 0 Å². The number of fused-ring (bicyclic) bond motifs is 5. The van der Waals surface area contributed by atoms with Gasteiger partial charge in [0, 0.05) is 23.7 Å². The summed E-state index contributed by atoms with van der Waals surface area (Å²) in [5.41, 5.74) is -0.532. The third-order valence-electron chi connectivity index (χ3n) is 8.18. The number of ketones is 1. The van der Waals surface area contributed by atoms with Crippen LogP contribution in [0.1, 0.15) is 58.8 Å². The lowest BCUT2D eigenvalue weighted by Gasteiger charge is -2.54. The van der Waals surface area contributed by atoms with Crippen molar-refractivity contribution in [2.24, 2.45) is 34.5 Å². The molecule has 3 aliphatic carbocycles. The highest BCUT2D eigenvalue weighted by atomic mass is 16.3. The second-order valence-corrected chi connectivity index (χ2v) is 9.15. The van der Waals surface area contributed by atoms with E-state index < -0.39 is 12.3 Å². The van der Waals surface area contributed by atoms with E-state index in [1.54, 1.807) is 0 Å². The number of nitrogens with one attached hydrogen (secondary N) is 1. The second kappa shape index (κ2) is 5.28. The average Bonchev–Trinajstić information content (AvgIpc) is 2.80. The van der Waals surface area contributed by atoms with Crippen LogP contribution >= 0.6 is 0 Å². The van der Waals surface area contributed by atoms with Crippen LogP contribution in [0.3, 0.4) is 0 Å². The van der Waals surface area contributed by atoms with Crippen LogP contribution in [0, 0.1) is 34.5 Å². The highest BCUT2D eigenvalue weighted by Crippen LogP contribution is 2.62. The summed E-state index contributed by atoms with van der Waals surface area (Å²) in [5.74, 6) is 0.296. The molecule has 0 aromatic carbocycles. The molecule has 134 valence electrons. The third-order valence-corrected chi connectivity index (χ3v) is 8.18. The maximum absolute atomic E-state index is 12.7. The molecule has 0 aromatic rings. The van der Waals surface area contributed by atoms with Crippen molar-refractivity contribution >= 4 is 11.7 Å². The van der Waals surface area contributed by atoms with Crippen molar-refractivity contribution < 1.29 is 19.8 Å². The molecule has 0 spiro atoms. The molecule has 4 rings (SSSR count). The number of rotatable bonds is 0. The molecule has 4 aliphatic rings. The van der Waals surface area contributed by atoms with Crippen LogP contribution in [0.4, 0.5) is 0 Å². The van der Waals surface area contributed by atoms with Gasteiger partial charge in [-0.15, -0.1) is 0 Å². The van der Waals surface area contributed by atoms with E-state index in [9.17, 15) is 19.8 Å². The van der Waals surface area contributed by atoms with E-state index in [1.165, 1.54) is 0 Å².